The highest BCUT2D eigenvalue weighted by Crippen LogP contribution is 2.05. The largest absolute Gasteiger partial charge is 0.444 e. The van der Waals surface area contributed by atoms with Gasteiger partial charge in [-0.05, 0) is 32.8 Å². The molecule has 0 saturated heterocycles. The van der Waals surface area contributed by atoms with Gasteiger partial charge in [0, 0.05) is 45.6 Å². The lowest BCUT2D eigenvalue weighted by molar-refractivity contribution is 0.0529. The molecule has 8 heteroatoms. The second-order valence-corrected chi connectivity index (χ2v) is 6.64. The number of amides is 1. The van der Waals surface area contributed by atoms with Gasteiger partial charge >= 0.3 is 6.09 Å². The zero-order valence-corrected chi connectivity index (χ0v) is 15.3. The van der Waals surface area contributed by atoms with Crippen molar-refractivity contribution >= 4 is 12.1 Å². The molecule has 0 radical (unpaired) electrons. The molecule has 8 nitrogen and oxygen atoms in total. The second-order valence-electron chi connectivity index (χ2n) is 6.64. The van der Waals surface area contributed by atoms with Gasteiger partial charge in [0.1, 0.15) is 5.60 Å². The van der Waals surface area contributed by atoms with Gasteiger partial charge in [-0.3, -0.25) is 9.67 Å². The number of alkyl carbamates (subject to hydrolysis) is 1. The van der Waals surface area contributed by atoms with E-state index in [0.717, 1.165) is 13.1 Å². The first-order valence-corrected chi connectivity index (χ1v) is 8.19. The number of carbonyl (C=O) groups excluding carboxylic acids is 1. The highest BCUT2D eigenvalue weighted by Gasteiger charge is 2.15. The summed E-state index contributed by atoms with van der Waals surface area (Å²) in [5, 5.41) is 13.3. The van der Waals surface area contributed by atoms with Crippen LogP contribution in [0.1, 0.15) is 27.7 Å². The fourth-order valence-corrected chi connectivity index (χ4v) is 1.94. The number of guanidine groups is 1. The Hall–Kier alpha value is -2.25. The first kappa shape index (κ1) is 19.8. The number of nitrogens with one attached hydrogen (secondary N) is 3. The summed E-state index contributed by atoms with van der Waals surface area (Å²) in [6.45, 7) is 10.3. The molecule has 1 heterocycles. The van der Waals surface area contributed by atoms with Gasteiger partial charge in [0.05, 0.1) is 0 Å². The number of rotatable bonds is 7. The number of carbonyl (C=O) groups is 1. The molecule has 24 heavy (non-hydrogen) atoms. The lowest BCUT2D eigenvalue weighted by Gasteiger charge is -2.20. The predicted molar refractivity (Wildman–Crippen MR) is 95.0 cm³/mol. The van der Waals surface area contributed by atoms with Crippen LogP contribution in [0.15, 0.2) is 23.5 Å². The first-order valence-electron chi connectivity index (χ1n) is 8.19. The molecule has 0 spiro atoms. The SMILES string of the molecule is CN=C(NCCNC(=O)OC(C)(C)C)NCC(C)Cn1cccn1. The molecule has 0 bridgehead atoms. The van der Waals surface area contributed by atoms with Crippen LogP contribution >= 0.6 is 0 Å². The molecule has 0 saturated carbocycles. The molecule has 136 valence electrons. The van der Waals surface area contributed by atoms with Crippen molar-refractivity contribution in [3.63, 3.8) is 0 Å². The van der Waals surface area contributed by atoms with Crippen LogP contribution in [0.2, 0.25) is 0 Å². The van der Waals surface area contributed by atoms with Crippen LogP contribution in [0.4, 0.5) is 4.79 Å². The molecular formula is C16H30N6O2. The van der Waals surface area contributed by atoms with Gasteiger partial charge in [0.2, 0.25) is 0 Å². The third kappa shape index (κ3) is 9.02. The Morgan fingerprint density at radius 3 is 2.58 bits per heavy atom. The summed E-state index contributed by atoms with van der Waals surface area (Å²) < 4.78 is 7.08. The average Bonchev–Trinajstić information content (AvgIpc) is 2.97. The summed E-state index contributed by atoms with van der Waals surface area (Å²) in [6, 6.07) is 1.91. The van der Waals surface area contributed by atoms with Gasteiger partial charge in [0.25, 0.3) is 0 Å². The lowest BCUT2D eigenvalue weighted by Crippen LogP contribution is -2.43. The van der Waals surface area contributed by atoms with E-state index in [1.807, 2.05) is 37.7 Å². The molecule has 1 amide bonds. The predicted octanol–water partition coefficient (Wildman–Crippen LogP) is 1.21. The van der Waals surface area contributed by atoms with Crippen LogP contribution in [0.5, 0.6) is 0 Å². The molecule has 3 N–H and O–H groups in total. The van der Waals surface area contributed by atoms with E-state index < -0.39 is 11.7 Å². The van der Waals surface area contributed by atoms with Gasteiger partial charge in [-0.15, -0.1) is 0 Å². The highest BCUT2D eigenvalue weighted by molar-refractivity contribution is 5.79. The topological polar surface area (TPSA) is 92.6 Å². The molecule has 0 aliphatic heterocycles. The third-order valence-corrected chi connectivity index (χ3v) is 2.99. The average molecular weight is 338 g/mol. The minimum absolute atomic E-state index is 0.406. The molecule has 0 aliphatic carbocycles. The van der Waals surface area contributed by atoms with E-state index in [-0.39, 0.29) is 0 Å². The fourth-order valence-electron chi connectivity index (χ4n) is 1.94. The van der Waals surface area contributed by atoms with Gasteiger partial charge in [-0.2, -0.15) is 5.10 Å². The number of hydrogen-bond acceptors (Lipinski definition) is 4. The van der Waals surface area contributed by atoms with Crippen molar-refractivity contribution in [1.82, 2.24) is 25.7 Å². The van der Waals surface area contributed by atoms with E-state index in [1.54, 1.807) is 13.2 Å². The van der Waals surface area contributed by atoms with E-state index in [1.165, 1.54) is 0 Å². The van der Waals surface area contributed by atoms with E-state index in [4.69, 9.17) is 4.74 Å². The summed E-state index contributed by atoms with van der Waals surface area (Å²) in [6.07, 6.45) is 3.31. The molecular weight excluding hydrogens is 308 g/mol. The zero-order chi connectivity index (χ0) is 18.0. The molecule has 1 rings (SSSR count). The van der Waals surface area contributed by atoms with Crippen LogP contribution in [0.3, 0.4) is 0 Å². The van der Waals surface area contributed by atoms with Gasteiger partial charge in [0.15, 0.2) is 5.96 Å². The lowest BCUT2D eigenvalue weighted by atomic mass is 10.2. The summed E-state index contributed by atoms with van der Waals surface area (Å²) >= 11 is 0. The van der Waals surface area contributed by atoms with Crippen molar-refractivity contribution in [3.8, 4) is 0 Å². The van der Waals surface area contributed by atoms with E-state index >= 15 is 0 Å². The Balaban J connectivity index is 2.17. The van der Waals surface area contributed by atoms with E-state index in [0.29, 0.717) is 25.0 Å². The normalized spacial score (nSPS) is 13.3. The number of hydrogen-bond donors (Lipinski definition) is 3. The molecule has 0 aliphatic rings. The van der Waals surface area contributed by atoms with Crippen molar-refractivity contribution in [2.24, 2.45) is 10.9 Å². The molecule has 1 unspecified atom stereocenters. The minimum Gasteiger partial charge on any atom is -0.444 e. The van der Waals surface area contributed by atoms with Crippen molar-refractivity contribution in [2.75, 3.05) is 26.7 Å². The Morgan fingerprint density at radius 1 is 1.29 bits per heavy atom. The van der Waals surface area contributed by atoms with Crippen LogP contribution in [-0.2, 0) is 11.3 Å². The maximum Gasteiger partial charge on any atom is 0.407 e. The number of ether oxygens (including phenoxy) is 1. The summed E-state index contributed by atoms with van der Waals surface area (Å²) in [7, 11) is 1.72. The van der Waals surface area contributed by atoms with Crippen LogP contribution in [0, 0.1) is 5.92 Å². The van der Waals surface area contributed by atoms with Crippen molar-refractivity contribution in [2.45, 2.75) is 39.8 Å². The van der Waals surface area contributed by atoms with E-state index in [2.05, 4.69) is 33.0 Å². The first-order chi connectivity index (χ1) is 11.3. The van der Waals surface area contributed by atoms with Crippen molar-refractivity contribution in [3.05, 3.63) is 18.5 Å². The third-order valence-electron chi connectivity index (χ3n) is 2.99. The maximum absolute atomic E-state index is 11.5. The molecule has 1 aromatic rings. The smallest absolute Gasteiger partial charge is 0.407 e. The van der Waals surface area contributed by atoms with Crippen LogP contribution in [-0.4, -0.2) is 54.1 Å². The van der Waals surface area contributed by atoms with Gasteiger partial charge < -0.3 is 20.7 Å². The quantitative estimate of drug-likeness (QED) is 0.395. The molecule has 1 aromatic heterocycles. The summed E-state index contributed by atoms with van der Waals surface area (Å²) in [5.41, 5.74) is -0.486. The van der Waals surface area contributed by atoms with Crippen LogP contribution < -0.4 is 16.0 Å². The van der Waals surface area contributed by atoms with E-state index in [9.17, 15) is 4.79 Å². The fraction of sp³-hybridized carbons (Fsp3) is 0.688. The standard InChI is InChI=1S/C16H30N6O2/c1-13(12-22-10-6-7-21-22)11-20-14(17-5)18-8-9-19-15(23)24-16(2,3)4/h6-7,10,13H,8-9,11-12H2,1-5H3,(H,19,23)(H2,17,18,20). The molecule has 0 aromatic carbocycles. The highest BCUT2D eigenvalue weighted by atomic mass is 16.6. The Bertz CT molecular complexity index is 507. The maximum atomic E-state index is 11.5. The number of aliphatic imine (C=N–C) groups is 1. The van der Waals surface area contributed by atoms with Crippen molar-refractivity contribution in [1.29, 1.82) is 0 Å². The van der Waals surface area contributed by atoms with Gasteiger partial charge in [-0.1, -0.05) is 6.92 Å². The number of nitrogens with zero attached hydrogens (tertiary/aromatic N) is 3. The summed E-state index contributed by atoms with van der Waals surface area (Å²) in [5.74, 6) is 1.11. The number of aromatic nitrogens is 2. The summed E-state index contributed by atoms with van der Waals surface area (Å²) in [4.78, 5) is 15.7. The Kier molecular flexibility index (Phi) is 8.08. The zero-order valence-electron chi connectivity index (χ0n) is 15.3. The minimum atomic E-state index is -0.486. The Labute approximate surface area is 144 Å². The molecule has 1 atom stereocenters. The second kappa shape index (κ2) is 9.79. The van der Waals surface area contributed by atoms with Gasteiger partial charge in [-0.25, -0.2) is 4.79 Å². The molecule has 0 fully saturated rings. The Morgan fingerprint density at radius 2 is 2.00 bits per heavy atom. The van der Waals surface area contributed by atoms with Crippen LogP contribution in [0.25, 0.3) is 0 Å². The van der Waals surface area contributed by atoms with Crippen molar-refractivity contribution < 1.29 is 9.53 Å². The monoisotopic (exact) mass is 338 g/mol.